The highest BCUT2D eigenvalue weighted by Gasteiger charge is 2.32. The molecule has 0 fully saturated rings. The van der Waals surface area contributed by atoms with Gasteiger partial charge < -0.3 is 4.74 Å². The quantitative estimate of drug-likeness (QED) is 0.626. The van der Waals surface area contributed by atoms with Crippen LogP contribution in [0.15, 0.2) is 75.7 Å². The Morgan fingerprint density at radius 1 is 1.21 bits per heavy atom. The van der Waals surface area contributed by atoms with E-state index in [-0.39, 0.29) is 11.4 Å². The van der Waals surface area contributed by atoms with Crippen molar-refractivity contribution in [2.24, 2.45) is 4.99 Å². The Morgan fingerprint density at radius 2 is 1.97 bits per heavy atom. The summed E-state index contributed by atoms with van der Waals surface area (Å²) >= 11 is 1.21. The molecule has 0 aliphatic carbocycles. The predicted octanol–water partition coefficient (Wildman–Crippen LogP) is 2.55. The van der Waals surface area contributed by atoms with Gasteiger partial charge in [-0.15, -0.1) is 0 Å². The molecule has 0 radical (unpaired) electrons. The monoisotopic (exact) mass is 408 g/mol. The van der Waals surface area contributed by atoms with Crippen LogP contribution in [0.1, 0.15) is 24.1 Å². The number of allylic oxidation sites excluding steroid dienone is 1. The van der Waals surface area contributed by atoms with Crippen LogP contribution in [0.4, 0.5) is 4.39 Å². The van der Waals surface area contributed by atoms with Crippen molar-refractivity contribution in [2.75, 3.05) is 7.11 Å². The van der Waals surface area contributed by atoms with Crippen LogP contribution in [-0.4, -0.2) is 17.6 Å². The van der Waals surface area contributed by atoms with Crippen LogP contribution >= 0.6 is 11.3 Å². The second-order valence-electron chi connectivity index (χ2n) is 6.54. The van der Waals surface area contributed by atoms with E-state index in [4.69, 9.17) is 4.74 Å². The number of carbonyl (C=O) groups is 1. The fourth-order valence-electron chi connectivity index (χ4n) is 3.39. The number of ether oxygens (including phenoxy) is 1. The Morgan fingerprint density at radius 3 is 2.66 bits per heavy atom. The van der Waals surface area contributed by atoms with Crippen molar-refractivity contribution in [2.45, 2.75) is 13.0 Å². The standard InChI is InChI=1S/C22H17FN2O3S/c1-13-18(21(27)28-2)19(15-8-4-3-5-9-15)25-20(26)17(29-22(25)24-13)12-14-7-6-10-16(23)11-14/h3-12,19H,1-2H3. The molecule has 7 heteroatoms. The number of benzene rings is 2. The van der Waals surface area contributed by atoms with Crippen LogP contribution in [-0.2, 0) is 9.53 Å². The number of aromatic nitrogens is 1. The molecule has 0 saturated carbocycles. The second kappa shape index (κ2) is 7.60. The third-order valence-corrected chi connectivity index (χ3v) is 5.67. The predicted molar refractivity (Wildman–Crippen MR) is 109 cm³/mol. The largest absolute Gasteiger partial charge is 0.466 e. The second-order valence-corrected chi connectivity index (χ2v) is 7.55. The summed E-state index contributed by atoms with van der Waals surface area (Å²) < 4.78 is 20.4. The van der Waals surface area contributed by atoms with Gasteiger partial charge in [0, 0.05) is 0 Å². The Hall–Kier alpha value is -3.32. The molecule has 0 amide bonds. The summed E-state index contributed by atoms with van der Waals surface area (Å²) in [5, 5.41) is 0. The number of hydrogen-bond donors (Lipinski definition) is 0. The van der Waals surface area contributed by atoms with Crippen LogP contribution in [0.25, 0.3) is 6.08 Å². The Bertz CT molecular complexity index is 1310. The minimum atomic E-state index is -0.644. The normalized spacial score (nSPS) is 16.4. The summed E-state index contributed by atoms with van der Waals surface area (Å²) in [6, 6.07) is 14.7. The van der Waals surface area contributed by atoms with E-state index in [0.717, 1.165) is 5.56 Å². The SMILES string of the molecule is COC(=O)C1=C(C)N=c2sc(=Cc3cccc(F)c3)c(=O)n2C1c1ccccc1. The lowest BCUT2D eigenvalue weighted by atomic mass is 9.96. The number of halogens is 1. The van der Waals surface area contributed by atoms with Gasteiger partial charge in [0.1, 0.15) is 5.82 Å². The van der Waals surface area contributed by atoms with Crippen molar-refractivity contribution in [3.8, 4) is 0 Å². The average Bonchev–Trinajstić information content (AvgIpc) is 3.02. The van der Waals surface area contributed by atoms with Crippen LogP contribution in [0, 0.1) is 5.82 Å². The highest BCUT2D eigenvalue weighted by atomic mass is 32.1. The van der Waals surface area contributed by atoms with Gasteiger partial charge in [0.05, 0.1) is 29.0 Å². The molecule has 2 heterocycles. The van der Waals surface area contributed by atoms with Crippen molar-refractivity contribution in [3.63, 3.8) is 0 Å². The maximum atomic E-state index is 13.5. The molecule has 1 aliphatic heterocycles. The molecular weight excluding hydrogens is 391 g/mol. The number of methoxy groups -OCH3 is 1. The number of carbonyl (C=O) groups excluding carboxylic acids is 1. The van der Waals surface area contributed by atoms with E-state index in [1.807, 2.05) is 30.3 Å². The molecule has 3 aromatic rings. The molecule has 1 aromatic heterocycles. The number of esters is 1. The maximum Gasteiger partial charge on any atom is 0.338 e. The van der Waals surface area contributed by atoms with Crippen LogP contribution in [0.5, 0.6) is 0 Å². The van der Waals surface area contributed by atoms with Crippen molar-refractivity contribution < 1.29 is 13.9 Å². The van der Waals surface area contributed by atoms with E-state index in [2.05, 4.69) is 4.99 Å². The van der Waals surface area contributed by atoms with Gasteiger partial charge in [-0.1, -0.05) is 53.8 Å². The summed E-state index contributed by atoms with van der Waals surface area (Å²) in [6.45, 7) is 1.73. The van der Waals surface area contributed by atoms with Gasteiger partial charge in [-0.25, -0.2) is 14.2 Å². The van der Waals surface area contributed by atoms with E-state index in [1.54, 1.807) is 25.1 Å². The fraction of sp³-hybridized carbons (Fsp3) is 0.136. The summed E-state index contributed by atoms with van der Waals surface area (Å²) in [7, 11) is 1.31. The Labute approximate surface area is 169 Å². The first-order valence-corrected chi connectivity index (χ1v) is 9.72. The van der Waals surface area contributed by atoms with E-state index >= 15 is 0 Å². The molecule has 0 bridgehead atoms. The van der Waals surface area contributed by atoms with Crippen LogP contribution < -0.4 is 14.9 Å². The molecule has 146 valence electrons. The zero-order valence-corrected chi connectivity index (χ0v) is 16.6. The first-order valence-electron chi connectivity index (χ1n) is 8.91. The number of nitrogens with zero attached hydrogens (tertiary/aromatic N) is 2. The number of fused-ring (bicyclic) bond motifs is 1. The van der Waals surface area contributed by atoms with Crippen LogP contribution in [0.3, 0.4) is 0 Å². The lowest BCUT2D eigenvalue weighted by Gasteiger charge is -2.24. The minimum Gasteiger partial charge on any atom is -0.466 e. The Balaban J connectivity index is 1.98. The van der Waals surface area contributed by atoms with Crippen molar-refractivity contribution in [1.29, 1.82) is 0 Å². The molecule has 29 heavy (non-hydrogen) atoms. The third-order valence-electron chi connectivity index (χ3n) is 4.69. The maximum absolute atomic E-state index is 13.5. The van der Waals surface area contributed by atoms with Gasteiger partial charge in [-0.3, -0.25) is 9.36 Å². The molecule has 1 aliphatic rings. The van der Waals surface area contributed by atoms with Crippen molar-refractivity contribution in [3.05, 3.63) is 102 Å². The molecular formula is C22H17FN2O3S. The fourth-order valence-corrected chi connectivity index (χ4v) is 4.44. The van der Waals surface area contributed by atoms with E-state index in [0.29, 0.717) is 26.2 Å². The highest BCUT2D eigenvalue weighted by Crippen LogP contribution is 2.30. The van der Waals surface area contributed by atoms with Crippen molar-refractivity contribution >= 4 is 23.4 Å². The summed E-state index contributed by atoms with van der Waals surface area (Å²) in [6.07, 6.45) is 1.63. The molecule has 5 nitrogen and oxygen atoms in total. The van der Waals surface area contributed by atoms with Gasteiger partial charge in [-0.2, -0.15) is 0 Å². The van der Waals surface area contributed by atoms with Gasteiger partial charge in [-0.05, 0) is 36.3 Å². The molecule has 2 aromatic carbocycles. The van der Waals surface area contributed by atoms with Gasteiger partial charge >= 0.3 is 5.97 Å². The summed E-state index contributed by atoms with van der Waals surface area (Å²) in [5.74, 6) is -0.906. The highest BCUT2D eigenvalue weighted by molar-refractivity contribution is 7.07. The van der Waals surface area contributed by atoms with Gasteiger partial charge in [0.25, 0.3) is 5.56 Å². The molecule has 4 rings (SSSR count). The van der Waals surface area contributed by atoms with E-state index in [9.17, 15) is 14.0 Å². The van der Waals surface area contributed by atoms with Gasteiger partial charge in [0.2, 0.25) is 0 Å². The van der Waals surface area contributed by atoms with Crippen LogP contribution in [0.2, 0.25) is 0 Å². The van der Waals surface area contributed by atoms with Crippen molar-refractivity contribution in [1.82, 2.24) is 4.57 Å². The zero-order valence-electron chi connectivity index (χ0n) is 15.8. The van der Waals surface area contributed by atoms with E-state index < -0.39 is 12.0 Å². The van der Waals surface area contributed by atoms with E-state index in [1.165, 1.54) is 35.1 Å². The molecule has 0 saturated heterocycles. The lowest BCUT2D eigenvalue weighted by molar-refractivity contribution is -0.136. The number of thiazole rings is 1. The first-order chi connectivity index (χ1) is 14.0. The number of hydrogen-bond acceptors (Lipinski definition) is 5. The first kappa shape index (κ1) is 19.0. The molecule has 0 spiro atoms. The summed E-state index contributed by atoms with van der Waals surface area (Å²) in [5.41, 5.74) is 1.89. The molecule has 1 atom stereocenters. The third kappa shape index (κ3) is 3.45. The zero-order chi connectivity index (χ0) is 20.5. The average molecular weight is 408 g/mol. The molecule has 0 N–H and O–H groups in total. The Kier molecular flexibility index (Phi) is 4.98. The summed E-state index contributed by atoms with van der Waals surface area (Å²) in [4.78, 5) is 30.7. The molecule has 1 unspecified atom stereocenters. The minimum absolute atomic E-state index is 0.291. The number of rotatable bonds is 3. The lowest BCUT2D eigenvalue weighted by Crippen LogP contribution is -2.39. The van der Waals surface area contributed by atoms with Gasteiger partial charge in [0.15, 0.2) is 4.80 Å². The topological polar surface area (TPSA) is 60.7 Å². The smallest absolute Gasteiger partial charge is 0.338 e.